The number of fused-ring (bicyclic) bond motifs is 3. The molecule has 3 aromatic carbocycles. The quantitative estimate of drug-likeness (QED) is 0.0392. The Labute approximate surface area is 708 Å². The first-order valence-corrected chi connectivity index (χ1v) is 40.8. The summed E-state index contributed by atoms with van der Waals surface area (Å²) >= 11 is 24.4. The highest BCUT2D eigenvalue weighted by molar-refractivity contribution is 9.11. The van der Waals surface area contributed by atoms with Crippen LogP contribution in [-0.2, 0) is 51.9 Å². The van der Waals surface area contributed by atoms with Crippen LogP contribution in [0, 0.1) is 17.8 Å². The van der Waals surface area contributed by atoms with Gasteiger partial charge in [-0.1, -0.05) is 92.0 Å². The maximum atomic E-state index is 12.9. The van der Waals surface area contributed by atoms with Gasteiger partial charge in [0.1, 0.15) is 47.2 Å². The molecular weight excluding hydrogens is 1680 g/mol. The van der Waals surface area contributed by atoms with Gasteiger partial charge >= 0.3 is 7.12 Å². The lowest BCUT2D eigenvalue weighted by molar-refractivity contribution is -0.127. The highest BCUT2D eigenvalue weighted by atomic mass is 79.9. The van der Waals surface area contributed by atoms with Gasteiger partial charge in [-0.25, -0.2) is 28.5 Å². The average Bonchev–Trinajstić information content (AvgIpc) is 1.62. The van der Waals surface area contributed by atoms with Crippen LogP contribution in [0.3, 0.4) is 0 Å². The van der Waals surface area contributed by atoms with Crippen molar-refractivity contribution in [3.8, 4) is 22.3 Å². The summed E-state index contributed by atoms with van der Waals surface area (Å²) in [5, 5.41) is 40.8. The second kappa shape index (κ2) is 35.6. The zero-order valence-electron chi connectivity index (χ0n) is 66.5. The zero-order chi connectivity index (χ0) is 83.5. The van der Waals surface area contributed by atoms with Gasteiger partial charge < -0.3 is 62.9 Å². The van der Waals surface area contributed by atoms with E-state index in [0.29, 0.717) is 77.6 Å². The summed E-state index contributed by atoms with van der Waals surface area (Å²) in [6, 6.07) is 28.8. The minimum Gasteiger partial charge on any atom is -0.399 e. The number of nitrogen functional groups attached to an aromatic ring is 4. The Morgan fingerprint density at radius 1 is 0.479 bits per heavy atom. The molecule has 10 aromatic heterocycles. The predicted molar refractivity (Wildman–Crippen MR) is 464 cm³/mol. The van der Waals surface area contributed by atoms with E-state index < -0.39 is 18.3 Å². The van der Waals surface area contributed by atoms with Crippen molar-refractivity contribution in [2.24, 2.45) is 45.9 Å². The molecule has 14 heterocycles. The van der Waals surface area contributed by atoms with Crippen molar-refractivity contribution in [1.82, 2.24) is 98.9 Å². The number of benzene rings is 3. The number of halogens is 5. The van der Waals surface area contributed by atoms with Gasteiger partial charge in [-0.15, -0.1) is 0 Å². The molecule has 117 heavy (non-hydrogen) atoms. The molecule has 0 aliphatic carbocycles. The van der Waals surface area contributed by atoms with Crippen LogP contribution in [0.25, 0.3) is 38.8 Å². The lowest BCUT2D eigenvalue weighted by atomic mass is 9.81. The van der Waals surface area contributed by atoms with Crippen molar-refractivity contribution in [3.63, 3.8) is 0 Å². The molecule has 612 valence electrons. The first-order valence-electron chi connectivity index (χ1n) is 38.1. The predicted octanol–water partition coefficient (Wildman–Crippen LogP) is 11.1. The fourth-order valence-electron chi connectivity index (χ4n) is 13.9. The van der Waals surface area contributed by atoms with E-state index in [9.17, 15) is 14.4 Å². The Bertz CT molecular complexity index is 5460. The van der Waals surface area contributed by atoms with Gasteiger partial charge in [-0.2, -0.15) is 35.7 Å². The second-order valence-corrected chi connectivity index (χ2v) is 33.2. The molecule has 11 N–H and O–H groups in total. The van der Waals surface area contributed by atoms with E-state index in [1.807, 2.05) is 158 Å². The van der Waals surface area contributed by atoms with Crippen molar-refractivity contribution in [2.45, 2.75) is 97.1 Å². The first-order chi connectivity index (χ1) is 55.9. The number of nitrogens with zero attached hydrogens (tertiary/aromatic N) is 20. The van der Waals surface area contributed by atoms with Crippen LogP contribution in [0.5, 0.6) is 0 Å². The number of hydrogen-bond acceptors (Lipinski definition) is 22. The largest absolute Gasteiger partial charge is 0.496 e. The second-order valence-electron chi connectivity index (χ2n) is 30.1. The number of amides is 3. The number of rotatable bonds is 18. The molecular formula is C79H93BBr2Cl3N27O5. The Hall–Kier alpha value is -10.8. The summed E-state index contributed by atoms with van der Waals surface area (Å²) in [6.07, 6.45) is 19.8. The van der Waals surface area contributed by atoms with Crippen molar-refractivity contribution >= 4 is 154 Å². The zero-order valence-corrected chi connectivity index (χ0v) is 72.0. The number of hydrogen-bond donors (Lipinski definition) is 7. The Balaban J connectivity index is 0.000000139. The summed E-state index contributed by atoms with van der Waals surface area (Å²) < 4.78 is 26.0. The van der Waals surface area contributed by atoms with Gasteiger partial charge in [0.05, 0.1) is 68.4 Å². The maximum absolute atomic E-state index is 12.9. The number of nitrogens with two attached hydrogens (primary N) is 4. The summed E-state index contributed by atoms with van der Waals surface area (Å²) in [5.74, 6) is 4.53. The standard InChI is InChI=1S/C25H31BClN5O3.2C23H25ClN8O.2C4H6BrN3/c1-6-20(16-7-9-19(27)10-8-16)30-23(33)17-12-31(13-17)22-21-11-18(14-32(21)29-15-28-22)26-34-24(2,3)25(4,5)35-26;1-3-19(14-4-6-17(24)7-5-14)29-23(33)16-10-31(11-16)22-20-8-15(12-32(20)28-13-26-22)18-9-27-30(2)21(18)25;1-3-19(14-4-6-17(24)7-5-14)28-23(33)16-9-31(10-16)22-20-8-15(11-32(20)27-13-26-22)18-12-30(2)29-21(18)25;1-8-2-3(5)4(6)7-8;1-8-4(6)3(5)2-7-8/h7-11,14-15,17,20H,6,12-13H2,1-5H3,(H,30,33);4-9,12-13,16,19H,3,10-11,25H2,1-2H3,(H,29,33);4-8,11-13,16,19H,3,9-10H2,1-2H3,(H2,25,29)(H,28,33);2H,1H3,(H2,6,7);2H,6H2,1H3/t20-;2*19-;;/m000../s1. The molecule has 32 nitrogen and oxygen atoms in total. The summed E-state index contributed by atoms with van der Waals surface area (Å²) in [4.78, 5) is 58.5. The van der Waals surface area contributed by atoms with E-state index in [1.54, 1.807) is 65.0 Å². The average molecular weight is 1780 g/mol. The van der Waals surface area contributed by atoms with Crippen LogP contribution >= 0.6 is 66.7 Å². The van der Waals surface area contributed by atoms with E-state index in [0.717, 1.165) is 107 Å². The number of nitrogens with one attached hydrogen (secondary N) is 3. The molecule has 0 bridgehead atoms. The lowest BCUT2D eigenvalue weighted by Gasteiger charge is -2.39. The van der Waals surface area contributed by atoms with Crippen molar-refractivity contribution in [3.05, 3.63) is 194 Å². The third-order valence-corrected chi connectivity index (χ3v) is 23.5. The fourth-order valence-corrected chi connectivity index (χ4v) is 15.0. The molecule has 4 aliphatic heterocycles. The minimum absolute atomic E-state index is 0.0345. The van der Waals surface area contributed by atoms with Gasteiger partial charge in [-0.3, -0.25) is 33.1 Å². The molecule has 13 aromatic rings. The monoisotopic (exact) mass is 1770 g/mol. The third-order valence-electron chi connectivity index (χ3n) is 21.6. The molecule has 0 radical (unpaired) electrons. The van der Waals surface area contributed by atoms with Gasteiger partial charge in [0.25, 0.3) is 0 Å². The molecule has 38 heteroatoms. The maximum Gasteiger partial charge on any atom is 0.496 e. The van der Waals surface area contributed by atoms with Crippen LogP contribution in [0.1, 0.15) is 103 Å². The normalized spacial score (nSPS) is 15.8. The van der Waals surface area contributed by atoms with Gasteiger partial charge in [-0.05, 0) is 150 Å². The first kappa shape index (κ1) is 84.1. The van der Waals surface area contributed by atoms with Crippen molar-refractivity contribution in [1.29, 1.82) is 0 Å². The Kier molecular flexibility index (Phi) is 25.6. The fraction of sp³-hybridized carbons (Fsp3) is 0.354. The van der Waals surface area contributed by atoms with E-state index in [1.165, 1.54) is 19.0 Å². The molecule has 0 spiro atoms. The SMILES string of the molecule is CC[C@H](NC(=O)C1CN(c2ncnn3cc(-c4cn(C)nc4N)cc23)C1)c1ccc(Cl)cc1.CC[C@H](NC(=O)C1CN(c2ncnn3cc(-c4cnn(C)c4N)cc23)C1)c1ccc(Cl)cc1.CC[C@H](NC(=O)C1CN(c2ncnn3cc(B4OC(C)(C)C(C)(C)O4)cc23)C1)c1ccc(Cl)cc1.Cn1cc(Br)c(N)n1.Cn1ncc(Br)c1N. The smallest absolute Gasteiger partial charge is 0.399 e. The van der Waals surface area contributed by atoms with Gasteiger partial charge in [0.2, 0.25) is 17.7 Å². The third kappa shape index (κ3) is 18.8. The van der Waals surface area contributed by atoms with Crippen LogP contribution in [0.4, 0.5) is 40.7 Å². The minimum atomic E-state index is -0.469. The Morgan fingerprint density at radius 2 is 0.838 bits per heavy atom. The number of carbonyl (C=O) groups is 3. The number of aryl methyl sites for hydroxylation is 4. The highest BCUT2D eigenvalue weighted by Crippen LogP contribution is 2.39. The van der Waals surface area contributed by atoms with Crippen molar-refractivity contribution < 1.29 is 23.7 Å². The van der Waals surface area contributed by atoms with Crippen LogP contribution in [0.2, 0.25) is 15.1 Å². The molecule has 0 unspecified atom stereocenters. The number of aromatic nitrogens is 17. The number of anilines is 7. The Morgan fingerprint density at radius 3 is 1.15 bits per heavy atom. The lowest BCUT2D eigenvalue weighted by Crippen LogP contribution is -2.54. The van der Waals surface area contributed by atoms with E-state index in [2.05, 4.69) is 134 Å². The molecule has 4 aliphatic rings. The summed E-state index contributed by atoms with van der Waals surface area (Å²) in [5.41, 5.74) is 32.4. The summed E-state index contributed by atoms with van der Waals surface area (Å²) in [7, 11) is 6.79. The van der Waals surface area contributed by atoms with E-state index in [-0.39, 0.29) is 53.6 Å². The summed E-state index contributed by atoms with van der Waals surface area (Å²) in [6.45, 7) is 17.9. The molecule has 17 rings (SSSR count). The molecule has 0 saturated carbocycles. The van der Waals surface area contributed by atoms with E-state index in [4.69, 9.17) is 67.0 Å². The van der Waals surface area contributed by atoms with Crippen LogP contribution < -0.4 is 59.0 Å². The molecule has 3 atom stereocenters. The van der Waals surface area contributed by atoms with Crippen LogP contribution in [0.15, 0.2) is 162 Å². The molecule has 3 amide bonds. The highest BCUT2D eigenvalue weighted by Gasteiger charge is 2.52. The van der Waals surface area contributed by atoms with Gasteiger partial charge in [0.15, 0.2) is 29.1 Å². The topological polar surface area (TPSA) is 381 Å². The van der Waals surface area contributed by atoms with Crippen LogP contribution in [-0.4, -0.2) is 158 Å². The van der Waals surface area contributed by atoms with E-state index >= 15 is 0 Å². The van der Waals surface area contributed by atoms with Crippen molar-refractivity contribution in [2.75, 3.05) is 76.9 Å². The number of carbonyl (C=O) groups excluding carboxylic acids is 3. The van der Waals surface area contributed by atoms with Gasteiger partial charge in [0, 0.05) is 141 Å². The molecule has 4 saturated heterocycles. The molecule has 4 fully saturated rings.